The van der Waals surface area contributed by atoms with Crippen molar-refractivity contribution in [3.63, 3.8) is 0 Å². The maximum Gasteiger partial charge on any atom is 0.234 e. The second-order valence-electron chi connectivity index (χ2n) is 5.28. The first-order valence-corrected chi connectivity index (χ1v) is 8.73. The molecule has 0 aliphatic heterocycles. The van der Waals surface area contributed by atoms with Crippen LogP contribution in [-0.4, -0.2) is 37.5 Å². The summed E-state index contributed by atoms with van der Waals surface area (Å²) in [4.78, 5) is 23.2. The molecule has 0 aliphatic rings. The average molecular weight is 368 g/mol. The Kier molecular flexibility index (Phi) is 5.59. The second kappa shape index (κ2) is 8.26. The first-order chi connectivity index (χ1) is 12.6. The molecule has 9 heteroatoms. The molecule has 132 valence electrons. The van der Waals surface area contributed by atoms with Gasteiger partial charge in [0.2, 0.25) is 11.8 Å². The van der Waals surface area contributed by atoms with E-state index < -0.39 is 0 Å². The van der Waals surface area contributed by atoms with E-state index in [1.807, 2.05) is 0 Å². The van der Waals surface area contributed by atoms with Crippen LogP contribution in [0.25, 0.3) is 5.82 Å². The Morgan fingerprint density at radius 1 is 1.08 bits per heavy atom. The largest absolute Gasteiger partial charge is 0.326 e. The summed E-state index contributed by atoms with van der Waals surface area (Å²) >= 11 is 1.28. The number of rotatable bonds is 6. The minimum atomic E-state index is -0.173. The van der Waals surface area contributed by atoms with Crippen LogP contribution in [0.4, 0.5) is 11.4 Å². The highest BCUT2D eigenvalue weighted by atomic mass is 32.2. The van der Waals surface area contributed by atoms with Crippen molar-refractivity contribution in [2.45, 2.75) is 11.9 Å². The van der Waals surface area contributed by atoms with E-state index in [1.165, 1.54) is 18.7 Å². The van der Waals surface area contributed by atoms with E-state index in [9.17, 15) is 9.59 Å². The molecule has 0 saturated heterocycles. The van der Waals surface area contributed by atoms with Gasteiger partial charge in [0.25, 0.3) is 0 Å². The number of hydrogen-bond donors (Lipinski definition) is 2. The highest BCUT2D eigenvalue weighted by Crippen LogP contribution is 2.18. The summed E-state index contributed by atoms with van der Waals surface area (Å²) in [6.45, 7) is 1.43. The van der Waals surface area contributed by atoms with Gasteiger partial charge in [-0.05, 0) is 36.4 Å². The van der Waals surface area contributed by atoms with Gasteiger partial charge in [-0.1, -0.05) is 17.8 Å². The molecule has 3 aromatic rings. The van der Waals surface area contributed by atoms with Crippen molar-refractivity contribution in [2.75, 3.05) is 16.4 Å². The fourth-order valence-corrected chi connectivity index (χ4v) is 2.75. The van der Waals surface area contributed by atoms with Crippen LogP contribution >= 0.6 is 11.8 Å². The van der Waals surface area contributed by atoms with Gasteiger partial charge in [0.05, 0.1) is 5.75 Å². The molecule has 0 radical (unpaired) electrons. The Morgan fingerprint density at radius 3 is 2.54 bits per heavy atom. The average Bonchev–Trinajstić information content (AvgIpc) is 3.15. The van der Waals surface area contributed by atoms with E-state index in [4.69, 9.17) is 0 Å². The molecule has 2 N–H and O–H groups in total. The van der Waals surface area contributed by atoms with E-state index in [0.29, 0.717) is 22.2 Å². The first-order valence-electron chi connectivity index (χ1n) is 7.74. The molecule has 0 aliphatic carbocycles. The van der Waals surface area contributed by atoms with Gasteiger partial charge in [0.15, 0.2) is 5.82 Å². The summed E-state index contributed by atoms with van der Waals surface area (Å²) in [7, 11) is 0. The predicted octanol–water partition coefficient (Wildman–Crippen LogP) is 2.35. The van der Waals surface area contributed by atoms with Gasteiger partial charge in [0, 0.05) is 30.7 Å². The van der Waals surface area contributed by atoms with Crippen molar-refractivity contribution < 1.29 is 9.59 Å². The predicted molar refractivity (Wildman–Crippen MR) is 99.3 cm³/mol. The van der Waals surface area contributed by atoms with Crippen LogP contribution < -0.4 is 10.6 Å². The molecule has 2 heterocycles. The van der Waals surface area contributed by atoms with Crippen molar-refractivity contribution in [2.24, 2.45) is 0 Å². The monoisotopic (exact) mass is 368 g/mol. The Bertz CT molecular complexity index is 896. The molecule has 26 heavy (non-hydrogen) atoms. The van der Waals surface area contributed by atoms with E-state index in [2.05, 4.69) is 25.9 Å². The number of amides is 2. The zero-order valence-electron chi connectivity index (χ0n) is 13.9. The number of carbonyl (C=O) groups is 2. The van der Waals surface area contributed by atoms with Crippen molar-refractivity contribution in [3.8, 4) is 5.82 Å². The number of hydrogen-bond acceptors (Lipinski definition) is 6. The van der Waals surface area contributed by atoms with Crippen molar-refractivity contribution in [1.29, 1.82) is 0 Å². The molecule has 0 bridgehead atoms. The summed E-state index contributed by atoms with van der Waals surface area (Å²) in [5.74, 6) is 0.466. The van der Waals surface area contributed by atoms with E-state index >= 15 is 0 Å². The zero-order valence-corrected chi connectivity index (χ0v) is 14.7. The SMILES string of the molecule is CC(=O)Nc1cccc(NC(=O)CSc2ccc(-n3cccn3)nn2)c1. The lowest BCUT2D eigenvalue weighted by molar-refractivity contribution is -0.114. The number of thioether (sulfide) groups is 1. The molecule has 1 aromatic carbocycles. The van der Waals surface area contributed by atoms with Gasteiger partial charge < -0.3 is 10.6 Å². The minimum absolute atomic E-state index is 0.166. The summed E-state index contributed by atoms with van der Waals surface area (Å²) < 4.78 is 1.61. The Labute approximate surface area is 154 Å². The van der Waals surface area contributed by atoms with E-state index in [-0.39, 0.29) is 17.6 Å². The molecule has 0 atom stereocenters. The molecular formula is C17H16N6O2S. The number of aromatic nitrogens is 4. The molecule has 0 fully saturated rings. The third-order valence-electron chi connectivity index (χ3n) is 3.18. The van der Waals surface area contributed by atoms with Gasteiger partial charge in [-0.15, -0.1) is 10.2 Å². The highest BCUT2D eigenvalue weighted by molar-refractivity contribution is 7.99. The zero-order chi connectivity index (χ0) is 18.4. The lowest BCUT2D eigenvalue weighted by Gasteiger charge is -2.07. The van der Waals surface area contributed by atoms with Crippen LogP contribution in [0.5, 0.6) is 0 Å². The number of nitrogens with zero attached hydrogens (tertiary/aromatic N) is 4. The van der Waals surface area contributed by atoms with Crippen LogP contribution in [0.2, 0.25) is 0 Å². The third-order valence-corrected chi connectivity index (χ3v) is 4.10. The van der Waals surface area contributed by atoms with Crippen LogP contribution in [0.15, 0.2) is 59.9 Å². The van der Waals surface area contributed by atoms with Crippen molar-refractivity contribution >= 4 is 35.0 Å². The fraction of sp³-hybridized carbons (Fsp3) is 0.118. The maximum absolute atomic E-state index is 12.1. The Balaban J connectivity index is 1.53. The fourth-order valence-electron chi connectivity index (χ4n) is 2.13. The molecule has 2 amide bonds. The Morgan fingerprint density at radius 2 is 1.88 bits per heavy atom. The second-order valence-corrected chi connectivity index (χ2v) is 6.27. The minimum Gasteiger partial charge on any atom is -0.326 e. The molecule has 8 nitrogen and oxygen atoms in total. The van der Waals surface area contributed by atoms with Crippen LogP contribution in [-0.2, 0) is 9.59 Å². The number of benzene rings is 1. The van der Waals surface area contributed by atoms with Crippen LogP contribution in [0, 0.1) is 0 Å². The van der Waals surface area contributed by atoms with E-state index in [0.717, 1.165) is 0 Å². The lowest BCUT2D eigenvalue weighted by Crippen LogP contribution is -2.14. The van der Waals surface area contributed by atoms with Gasteiger partial charge in [-0.25, -0.2) is 4.68 Å². The standard InChI is InChI=1S/C17H16N6O2S/c1-12(24)19-13-4-2-5-14(10-13)20-16(25)11-26-17-7-6-15(21-22-17)23-9-3-8-18-23/h2-10H,11H2,1H3,(H,19,24)(H,20,25). The van der Waals surface area contributed by atoms with Gasteiger partial charge in [0.1, 0.15) is 5.03 Å². The molecule has 0 unspecified atom stereocenters. The first kappa shape index (κ1) is 17.6. The van der Waals surface area contributed by atoms with Crippen LogP contribution in [0.1, 0.15) is 6.92 Å². The molecule has 3 rings (SSSR count). The molecule has 0 saturated carbocycles. The quantitative estimate of drug-likeness (QED) is 0.648. The van der Waals surface area contributed by atoms with Crippen LogP contribution in [0.3, 0.4) is 0 Å². The maximum atomic E-state index is 12.1. The highest BCUT2D eigenvalue weighted by Gasteiger charge is 2.07. The number of anilines is 2. The van der Waals surface area contributed by atoms with Crippen molar-refractivity contribution in [1.82, 2.24) is 20.0 Å². The van der Waals surface area contributed by atoms with Gasteiger partial charge in [-0.3, -0.25) is 9.59 Å². The van der Waals surface area contributed by atoms with E-state index in [1.54, 1.807) is 59.5 Å². The Hall–Kier alpha value is -3.20. The lowest BCUT2D eigenvalue weighted by atomic mass is 10.2. The molecular weight excluding hydrogens is 352 g/mol. The smallest absolute Gasteiger partial charge is 0.234 e. The van der Waals surface area contributed by atoms with Gasteiger partial charge in [-0.2, -0.15) is 5.10 Å². The molecule has 0 spiro atoms. The summed E-state index contributed by atoms with van der Waals surface area (Å²) in [5.41, 5.74) is 1.24. The number of carbonyl (C=O) groups excluding carboxylic acids is 2. The number of nitrogens with one attached hydrogen (secondary N) is 2. The molecule has 2 aromatic heterocycles. The normalized spacial score (nSPS) is 10.3. The summed E-state index contributed by atoms with van der Waals surface area (Å²) in [5, 5.41) is 18.3. The summed E-state index contributed by atoms with van der Waals surface area (Å²) in [6, 6.07) is 12.3. The van der Waals surface area contributed by atoms with Gasteiger partial charge >= 0.3 is 0 Å². The summed E-state index contributed by atoms with van der Waals surface area (Å²) in [6.07, 6.45) is 3.44. The van der Waals surface area contributed by atoms with Crippen molar-refractivity contribution in [3.05, 3.63) is 54.9 Å². The third kappa shape index (κ3) is 4.90. The topological polar surface area (TPSA) is 102 Å².